The number of ether oxygens (including phenoxy) is 1. The Hall–Kier alpha value is -3.19. The van der Waals surface area contributed by atoms with Crippen molar-refractivity contribution >= 4 is 23.6 Å². The fourth-order valence-electron chi connectivity index (χ4n) is 5.77. The maximum Gasteiger partial charge on any atom is 0.408 e. The molecular weight excluding hydrogens is 453 g/mol. The van der Waals surface area contributed by atoms with Crippen LogP contribution in [0.25, 0.3) is 0 Å². The van der Waals surface area contributed by atoms with Crippen molar-refractivity contribution in [3.05, 3.63) is 30.1 Å². The van der Waals surface area contributed by atoms with E-state index < -0.39 is 35.6 Å². The second kappa shape index (κ2) is 8.48. The molecule has 3 amide bonds. The zero-order chi connectivity index (χ0) is 25.1. The third-order valence-corrected chi connectivity index (χ3v) is 7.27. The SMILES string of the molecule is CC(C)(C)OC(=O)N[C@@H](CN1C[C@H]2C[C@@H]1C(=O)N2c1cccc(F)c1)C(=O)N1[C@H](C#N)C[C@@H]2C[C@@H]21. The Morgan fingerprint density at radius 3 is 2.71 bits per heavy atom. The number of fused-ring (bicyclic) bond motifs is 3. The lowest BCUT2D eigenvalue weighted by atomic mass is 10.1. The van der Waals surface area contributed by atoms with E-state index in [1.54, 1.807) is 42.7 Å². The average molecular weight is 484 g/mol. The summed E-state index contributed by atoms with van der Waals surface area (Å²) in [4.78, 5) is 44.5. The Balaban J connectivity index is 1.33. The van der Waals surface area contributed by atoms with Crippen LogP contribution < -0.4 is 10.2 Å². The standard InChI is InChI=1S/C25H30FN5O4/c1-25(2,3)35-24(34)28-19(22(32)31-17(11-27)7-14-8-20(14)31)13-29-12-18-10-21(29)23(33)30(18)16-6-4-5-15(26)9-16/h4-6,9,14,17-21H,7-8,10,12-13H2,1-3H3,(H,28,34)/t14-,17+,18-,19+,20+,21-/m1/s1. The number of likely N-dealkylation sites (tertiary alicyclic amines) is 2. The molecule has 10 heteroatoms. The zero-order valence-electron chi connectivity index (χ0n) is 20.1. The first-order chi connectivity index (χ1) is 16.6. The number of carbonyl (C=O) groups excluding carboxylic acids is 3. The number of piperazine rings is 1. The number of nitrogens with one attached hydrogen (secondary N) is 1. The smallest absolute Gasteiger partial charge is 0.408 e. The van der Waals surface area contributed by atoms with Crippen LogP contribution in [0.2, 0.25) is 0 Å². The molecule has 5 rings (SSSR count). The maximum absolute atomic E-state index is 13.7. The number of carbonyl (C=O) groups is 3. The molecule has 9 nitrogen and oxygen atoms in total. The Morgan fingerprint density at radius 1 is 1.29 bits per heavy atom. The molecule has 1 aromatic carbocycles. The van der Waals surface area contributed by atoms with E-state index in [0.717, 1.165) is 6.42 Å². The van der Waals surface area contributed by atoms with Gasteiger partial charge >= 0.3 is 6.09 Å². The number of benzene rings is 1. The molecule has 1 aliphatic carbocycles. The molecule has 3 saturated heterocycles. The molecule has 0 unspecified atom stereocenters. The van der Waals surface area contributed by atoms with Crippen LogP contribution in [0.4, 0.5) is 14.9 Å². The maximum atomic E-state index is 13.7. The first kappa shape index (κ1) is 23.5. The molecule has 6 atom stereocenters. The van der Waals surface area contributed by atoms with Crippen molar-refractivity contribution in [2.45, 2.75) is 75.8 Å². The molecule has 1 N–H and O–H groups in total. The second-order valence-electron chi connectivity index (χ2n) is 10.9. The number of nitrogens with zero attached hydrogens (tertiary/aromatic N) is 4. The molecule has 35 heavy (non-hydrogen) atoms. The van der Waals surface area contributed by atoms with Crippen LogP contribution in [0.15, 0.2) is 24.3 Å². The Morgan fingerprint density at radius 2 is 2.06 bits per heavy atom. The summed E-state index contributed by atoms with van der Waals surface area (Å²) in [6.07, 6.45) is 1.38. The van der Waals surface area contributed by atoms with Gasteiger partial charge < -0.3 is 19.9 Å². The molecule has 4 fully saturated rings. The summed E-state index contributed by atoms with van der Waals surface area (Å²) in [6.45, 7) is 5.85. The summed E-state index contributed by atoms with van der Waals surface area (Å²) < 4.78 is 19.1. The fraction of sp³-hybridized carbons (Fsp3) is 0.600. The van der Waals surface area contributed by atoms with Gasteiger partial charge in [0.05, 0.1) is 18.2 Å². The van der Waals surface area contributed by atoms with Crippen LogP contribution in [0.3, 0.4) is 0 Å². The van der Waals surface area contributed by atoms with E-state index >= 15 is 0 Å². The van der Waals surface area contributed by atoms with Gasteiger partial charge in [-0.2, -0.15) is 5.26 Å². The van der Waals surface area contributed by atoms with Crippen molar-refractivity contribution in [1.82, 2.24) is 15.1 Å². The molecule has 4 aliphatic rings. The predicted octanol–water partition coefficient (Wildman–Crippen LogP) is 2.02. The molecule has 186 valence electrons. The lowest BCUT2D eigenvalue weighted by molar-refractivity contribution is -0.136. The molecular formula is C25H30FN5O4. The van der Waals surface area contributed by atoms with Crippen molar-refractivity contribution in [3.8, 4) is 6.07 Å². The Kier molecular flexibility index (Phi) is 5.71. The summed E-state index contributed by atoms with van der Waals surface area (Å²) in [5.41, 5.74) is -0.216. The third kappa shape index (κ3) is 4.45. The van der Waals surface area contributed by atoms with Gasteiger partial charge in [0.15, 0.2) is 0 Å². The molecule has 2 bridgehead atoms. The van der Waals surface area contributed by atoms with E-state index in [1.807, 2.05) is 4.90 Å². The second-order valence-corrected chi connectivity index (χ2v) is 10.9. The molecule has 3 aliphatic heterocycles. The number of piperidine rings is 1. The topological polar surface area (TPSA) is 106 Å². The normalized spacial score (nSPS) is 30.1. The number of amides is 3. The number of hydrogen-bond acceptors (Lipinski definition) is 6. The zero-order valence-corrected chi connectivity index (χ0v) is 20.1. The Bertz CT molecular complexity index is 1100. The van der Waals surface area contributed by atoms with Gasteiger partial charge in [-0.15, -0.1) is 0 Å². The van der Waals surface area contributed by atoms with E-state index in [0.29, 0.717) is 31.0 Å². The predicted molar refractivity (Wildman–Crippen MR) is 124 cm³/mol. The van der Waals surface area contributed by atoms with E-state index in [1.165, 1.54) is 12.1 Å². The highest BCUT2D eigenvalue weighted by Crippen LogP contribution is 2.48. The summed E-state index contributed by atoms with van der Waals surface area (Å²) in [5.74, 6) is -0.522. The van der Waals surface area contributed by atoms with Crippen molar-refractivity contribution in [2.75, 3.05) is 18.0 Å². The van der Waals surface area contributed by atoms with Crippen molar-refractivity contribution in [3.63, 3.8) is 0 Å². The Labute approximate surface area is 203 Å². The first-order valence-electron chi connectivity index (χ1n) is 12.1. The average Bonchev–Trinajstić information content (AvgIpc) is 3.11. The van der Waals surface area contributed by atoms with Crippen LogP contribution in [-0.2, 0) is 14.3 Å². The van der Waals surface area contributed by atoms with Crippen LogP contribution in [-0.4, -0.2) is 76.6 Å². The van der Waals surface area contributed by atoms with E-state index in [-0.39, 0.29) is 30.4 Å². The van der Waals surface area contributed by atoms with Crippen molar-refractivity contribution in [1.29, 1.82) is 5.26 Å². The highest BCUT2D eigenvalue weighted by molar-refractivity contribution is 6.01. The summed E-state index contributed by atoms with van der Waals surface area (Å²) in [5, 5.41) is 12.3. The van der Waals surface area contributed by atoms with Crippen LogP contribution in [0, 0.1) is 23.1 Å². The largest absolute Gasteiger partial charge is 0.444 e. The van der Waals surface area contributed by atoms with Crippen LogP contribution in [0.1, 0.15) is 40.0 Å². The molecule has 0 radical (unpaired) electrons. The quantitative estimate of drug-likeness (QED) is 0.687. The molecule has 3 heterocycles. The van der Waals surface area contributed by atoms with Gasteiger partial charge in [-0.25, -0.2) is 9.18 Å². The summed E-state index contributed by atoms with van der Waals surface area (Å²) >= 11 is 0. The number of anilines is 1. The first-order valence-corrected chi connectivity index (χ1v) is 12.1. The van der Waals surface area contributed by atoms with Gasteiger partial charge in [0.25, 0.3) is 0 Å². The fourth-order valence-corrected chi connectivity index (χ4v) is 5.77. The number of halogens is 1. The van der Waals surface area contributed by atoms with E-state index in [9.17, 15) is 24.0 Å². The summed E-state index contributed by atoms with van der Waals surface area (Å²) in [6, 6.07) is 6.17. The number of hydrogen-bond donors (Lipinski definition) is 1. The number of alkyl carbamates (subject to hydrolysis) is 1. The van der Waals surface area contributed by atoms with Crippen molar-refractivity contribution in [2.24, 2.45) is 5.92 Å². The van der Waals surface area contributed by atoms with E-state index in [4.69, 9.17) is 4.74 Å². The van der Waals surface area contributed by atoms with E-state index in [2.05, 4.69) is 11.4 Å². The van der Waals surface area contributed by atoms with Gasteiger partial charge in [-0.3, -0.25) is 14.5 Å². The minimum absolute atomic E-state index is 0.0372. The van der Waals surface area contributed by atoms with Gasteiger partial charge in [0.1, 0.15) is 23.5 Å². The lowest BCUT2D eigenvalue weighted by Crippen LogP contribution is -2.59. The van der Waals surface area contributed by atoms with Gasteiger partial charge in [0, 0.05) is 24.8 Å². The molecule has 0 aromatic heterocycles. The van der Waals surface area contributed by atoms with Gasteiger partial charge in [-0.1, -0.05) is 6.07 Å². The molecule has 1 saturated carbocycles. The van der Waals surface area contributed by atoms with Gasteiger partial charge in [0.2, 0.25) is 11.8 Å². The summed E-state index contributed by atoms with van der Waals surface area (Å²) in [7, 11) is 0. The van der Waals surface area contributed by atoms with Crippen LogP contribution >= 0.6 is 0 Å². The minimum atomic E-state index is -0.949. The highest BCUT2D eigenvalue weighted by Gasteiger charge is 2.56. The molecule has 1 aromatic rings. The lowest BCUT2D eigenvalue weighted by Gasteiger charge is -2.36. The number of nitriles is 1. The van der Waals surface area contributed by atoms with Crippen molar-refractivity contribution < 1.29 is 23.5 Å². The highest BCUT2D eigenvalue weighted by atomic mass is 19.1. The van der Waals surface area contributed by atoms with Gasteiger partial charge in [-0.05, 0) is 64.2 Å². The number of rotatable bonds is 5. The third-order valence-electron chi connectivity index (χ3n) is 7.27. The molecule has 0 spiro atoms. The monoisotopic (exact) mass is 483 g/mol. The minimum Gasteiger partial charge on any atom is -0.444 e. The van der Waals surface area contributed by atoms with Crippen LogP contribution in [0.5, 0.6) is 0 Å².